The molecule has 4 heterocycles. The third-order valence-electron chi connectivity index (χ3n) is 7.28. The summed E-state index contributed by atoms with van der Waals surface area (Å²) in [6.45, 7) is 8.47. The van der Waals surface area contributed by atoms with Gasteiger partial charge in [-0.25, -0.2) is 0 Å². The number of hydrogen-bond donors (Lipinski definition) is 0. The van der Waals surface area contributed by atoms with Crippen LogP contribution < -0.4 is 9.47 Å². The molecule has 0 spiro atoms. The van der Waals surface area contributed by atoms with Crippen LogP contribution in [-0.2, 0) is 16.1 Å². The fourth-order valence-electron chi connectivity index (χ4n) is 5.39. The van der Waals surface area contributed by atoms with E-state index >= 15 is 0 Å². The zero-order valence-electron chi connectivity index (χ0n) is 18.8. The van der Waals surface area contributed by atoms with E-state index in [9.17, 15) is 9.59 Å². The lowest BCUT2D eigenvalue weighted by molar-refractivity contribution is -0.134. The van der Waals surface area contributed by atoms with Gasteiger partial charge in [-0.3, -0.25) is 19.4 Å². The topological polar surface area (TPSA) is 65.6 Å². The zero-order chi connectivity index (χ0) is 21.9. The van der Waals surface area contributed by atoms with Crippen LogP contribution in [-0.4, -0.2) is 96.6 Å². The quantitative estimate of drug-likeness (QED) is 0.666. The van der Waals surface area contributed by atoms with Crippen LogP contribution in [0.25, 0.3) is 0 Å². The molecule has 1 aromatic carbocycles. The first-order chi connectivity index (χ1) is 15.7. The van der Waals surface area contributed by atoms with Crippen molar-refractivity contribution < 1.29 is 19.1 Å². The highest BCUT2D eigenvalue weighted by Crippen LogP contribution is 2.33. The number of ether oxygens (including phenoxy) is 2. The highest BCUT2D eigenvalue weighted by atomic mass is 16.7. The largest absolute Gasteiger partial charge is 0.454 e. The first-order valence-corrected chi connectivity index (χ1v) is 12.1. The second kappa shape index (κ2) is 9.67. The third-order valence-corrected chi connectivity index (χ3v) is 7.28. The molecule has 32 heavy (non-hydrogen) atoms. The minimum Gasteiger partial charge on any atom is -0.454 e. The number of likely N-dealkylation sites (tertiary alicyclic amines) is 2. The smallest absolute Gasteiger partial charge is 0.231 e. The second-order valence-electron chi connectivity index (χ2n) is 9.37. The molecule has 174 valence electrons. The highest BCUT2D eigenvalue weighted by Gasteiger charge is 2.30. The molecule has 8 heteroatoms. The van der Waals surface area contributed by atoms with E-state index in [4.69, 9.17) is 9.47 Å². The van der Waals surface area contributed by atoms with Gasteiger partial charge in [0.05, 0.1) is 0 Å². The number of amides is 2. The summed E-state index contributed by atoms with van der Waals surface area (Å²) in [7, 11) is 0. The number of fused-ring (bicyclic) bond motifs is 1. The van der Waals surface area contributed by atoms with Gasteiger partial charge in [0, 0.05) is 77.8 Å². The summed E-state index contributed by atoms with van der Waals surface area (Å²) in [5.74, 6) is 2.09. The zero-order valence-corrected chi connectivity index (χ0v) is 18.8. The molecule has 0 saturated carbocycles. The molecular formula is C24H34N4O4. The lowest BCUT2D eigenvalue weighted by Crippen LogP contribution is -2.55. The number of piperidine rings is 1. The summed E-state index contributed by atoms with van der Waals surface area (Å²) in [6.07, 6.45) is 4.26. The SMILES string of the molecule is O=C1CCCN1CCC(=O)N1CCCC(N2CCN(Cc3ccc4c(c3)OCO4)CC2)C1. The van der Waals surface area contributed by atoms with E-state index in [0.717, 1.165) is 83.1 Å². The molecular weight excluding hydrogens is 408 g/mol. The van der Waals surface area contributed by atoms with E-state index in [0.29, 0.717) is 32.2 Å². The maximum absolute atomic E-state index is 12.8. The van der Waals surface area contributed by atoms with Crippen molar-refractivity contribution in [3.63, 3.8) is 0 Å². The van der Waals surface area contributed by atoms with Crippen LogP contribution in [0, 0.1) is 0 Å². The molecule has 3 saturated heterocycles. The second-order valence-corrected chi connectivity index (χ2v) is 9.37. The van der Waals surface area contributed by atoms with Crippen molar-refractivity contribution in [2.24, 2.45) is 0 Å². The Morgan fingerprint density at radius 3 is 2.66 bits per heavy atom. The van der Waals surface area contributed by atoms with Gasteiger partial charge in [0.25, 0.3) is 0 Å². The molecule has 4 aliphatic rings. The molecule has 1 aromatic rings. The molecule has 4 aliphatic heterocycles. The number of benzene rings is 1. The normalized spacial score (nSPS) is 24.4. The summed E-state index contributed by atoms with van der Waals surface area (Å²) < 4.78 is 10.9. The molecule has 1 atom stereocenters. The Labute approximate surface area is 190 Å². The van der Waals surface area contributed by atoms with Crippen molar-refractivity contribution in [3.8, 4) is 11.5 Å². The number of rotatable bonds is 6. The fourth-order valence-corrected chi connectivity index (χ4v) is 5.39. The molecule has 0 aliphatic carbocycles. The van der Waals surface area contributed by atoms with Crippen LogP contribution in [0.5, 0.6) is 11.5 Å². The maximum Gasteiger partial charge on any atom is 0.231 e. The van der Waals surface area contributed by atoms with Crippen LogP contribution in [0.4, 0.5) is 0 Å². The molecule has 0 radical (unpaired) electrons. The molecule has 0 aromatic heterocycles. The van der Waals surface area contributed by atoms with E-state index < -0.39 is 0 Å². The number of nitrogens with zero attached hydrogens (tertiary/aromatic N) is 4. The number of carbonyl (C=O) groups is 2. The summed E-state index contributed by atoms with van der Waals surface area (Å²) >= 11 is 0. The van der Waals surface area contributed by atoms with Gasteiger partial charge in [0.2, 0.25) is 18.6 Å². The Kier molecular flexibility index (Phi) is 6.50. The summed E-state index contributed by atoms with van der Waals surface area (Å²) in [4.78, 5) is 33.5. The Balaban J connectivity index is 1.07. The van der Waals surface area contributed by atoms with Crippen molar-refractivity contribution >= 4 is 11.8 Å². The van der Waals surface area contributed by atoms with Gasteiger partial charge in [-0.05, 0) is 37.0 Å². The first-order valence-electron chi connectivity index (χ1n) is 12.1. The predicted octanol–water partition coefficient (Wildman–Crippen LogP) is 1.54. The molecule has 1 unspecified atom stereocenters. The van der Waals surface area contributed by atoms with E-state index in [-0.39, 0.29) is 11.8 Å². The number of carbonyl (C=O) groups excluding carboxylic acids is 2. The van der Waals surface area contributed by atoms with Crippen LogP contribution in [0.3, 0.4) is 0 Å². The molecule has 5 rings (SSSR count). The highest BCUT2D eigenvalue weighted by molar-refractivity contribution is 5.80. The summed E-state index contributed by atoms with van der Waals surface area (Å²) in [6, 6.07) is 6.67. The van der Waals surface area contributed by atoms with Crippen molar-refractivity contribution in [1.82, 2.24) is 19.6 Å². The van der Waals surface area contributed by atoms with Crippen molar-refractivity contribution in [2.75, 3.05) is 59.2 Å². The minimum atomic E-state index is 0.202. The van der Waals surface area contributed by atoms with Crippen molar-refractivity contribution in [2.45, 2.75) is 44.7 Å². The lowest BCUT2D eigenvalue weighted by atomic mass is 10.0. The molecule has 0 N–H and O–H groups in total. The number of hydrogen-bond acceptors (Lipinski definition) is 6. The number of piperazine rings is 1. The average Bonchev–Trinajstić information content (AvgIpc) is 3.46. The molecule has 0 bridgehead atoms. The average molecular weight is 443 g/mol. The Hall–Kier alpha value is -2.32. The minimum absolute atomic E-state index is 0.202. The van der Waals surface area contributed by atoms with Gasteiger partial charge < -0.3 is 19.3 Å². The lowest BCUT2D eigenvalue weighted by Gasteiger charge is -2.43. The van der Waals surface area contributed by atoms with Gasteiger partial charge >= 0.3 is 0 Å². The van der Waals surface area contributed by atoms with Crippen LogP contribution >= 0.6 is 0 Å². The Morgan fingerprint density at radius 2 is 1.84 bits per heavy atom. The third kappa shape index (κ3) is 4.86. The van der Waals surface area contributed by atoms with Gasteiger partial charge in [-0.2, -0.15) is 0 Å². The maximum atomic E-state index is 12.8. The summed E-state index contributed by atoms with van der Waals surface area (Å²) in [5.41, 5.74) is 1.26. The predicted molar refractivity (Wildman–Crippen MR) is 119 cm³/mol. The van der Waals surface area contributed by atoms with E-state index in [1.165, 1.54) is 5.56 Å². The Bertz CT molecular complexity index is 839. The molecule has 3 fully saturated rings. The molecule has 8 nitrogen and oxygen atoms in total. The summed E-state index contributed by atoms with van der Waals surface area (Å²) in [5, 5.41) is 0. The molecule has 2 amide bonds. The van der Waals surface area contributed by atoms with Gasteiger partial charge in [-0.1, -0.05) is 6.07 Å². The van der Waals surface area contributed by atoms with E-state index in [1.807, 2.05) is 15.9 Å². The van der Waals surface area contributed by atoms with Gasteiger partial charge in [-0.15, -0.1) is 0 Å². The van der Waals surface area contributed by atoms with Crippen LogP contribution in [0.1, 0.15) is 37.7 Å². The fraction of sp³-hybridized carbons (Fsp3) is 0.667. The van der Waals surface area contributed by atoms with Gasteiger partial charge in [0.15, 0.2) is 11.5 Å². The van der Waals surface area contributed by atoms with Crippen LogP contribution in [0.15, 0.2) is 18.2 Å². The van der Waals surface area contributed by atoms with Gasteiger partial charge in [0.1, 0.15) is 0 Å². The van der Waals surface area contributed by atoms with Crippen molar-refractivity contribution in [1.29, 1.82) is 0 Å². The monoisotopic (exact) mass is 442 g/mol. The van der Waals surface area contributed by atoms with E-state index in [2.05, 4.69) is 21.9 Å². The first kappa shape index (κ1) is 21.5. The standard InChI is InChI=1S/C24H34N4O4/c29-23-4-2-8-27(23)10-7-24(30)28-9-1-3-20(17-28)26-13-11-25(12-14-26)16-19-5-6-21-22(15-19)32-18-31-21/h5-6,15,20H,1-4,7-14,16-18H2. The van der Waals surface area contributed by atoms with Crippen LogP contribution in [0.2, 0.25) is 0 Å². The van der Waals surface area contributed by atoms with Crippen molar-refractivity contribution in [3.05, 3.63) is 23.8 Å². The Morgan fingerprint density at radius 1 is 1.00 bits per heavy atom. The van der Waals surface area contributed by atoms with E-state index in [1.54, 1.807) is 0 Å².